The van der Waals surface area contributed by atoms with Crippen LogP contribution in [0.15, 0.2) is 35.3 Å². The molecule has 4 saturated carbocycles. The summed E-state index contributed by atoms with van der Waals surface area (Å²) in [6.07, 6.45) is 10.4. The predicted molar refractivity (Wildman–Crippen MR) is 129 cm³/mol. The van der Waals surface area contributed by atoms with Crippen molar-refractivity contribution in [2.75, 3.05) is 0 Å². The number of halogens is 1. The summed E-state index contributed by atoms with van der Waals surface area (Å²) < 4.78 is 2.71. The summed E-state index contributed by atoms with van der Waals surface area (Å²) in [5.41, 5.74) is 2.26. The van der Waals surface area contributed by atoms with Crippen LogP contribution >= 0.6 is 15.9 Å². The summed E-state index contributed by atoms with van der Waals surface area (Å²) in [4.78, 5) is 18.2. The van der Waals surface area contributed by atoms with Gasteiger partial charge in [0, 0.05) is 0 Å². The van der Waals surface area contributed by atoms with Crippen molar-refractivity contribution in [1.29, 1.82) is 0 Å². The van der Waals surface area contributed by atoms with E-state index in [9.17, 15) is 4.79 Å². The SMILES string of the molecule is CCC(C)c1ccc(C(CC)NC(=O)C23CC4CC(C2)CC(n2cnc(Br)n2)(C4)C3)cc1. The molecule has 2 aromatic rings. The molecule has 1 aromatic carbocycles. The van der Waals surface area contributed by atoms with Gasteiger partial charge in [0.2, 0.25) is 10.6 Å². The Morgan fingerprint density at radius 3 is 2.34 bits per heavy atom. The van der Waals surface area contributed by atoms with Crippen molar-refractivity contribution in [3.63, 3.8) is 0 Å². The Kier molecular flexibility index (Phi) is 5.71. The summed E-state index contributed by atoms with van der Waals surface area (Å²) in [6.45, 7) is 6.66. The van der Waals surface area contributed by atoms with Gasteiger partial charge in [-0.25, -0.2) is 9.67 Å². The van der Waals surface area contributed by atoms with Crippen LogP contribution in [0.4, 0.5) is 0 Å². The molecule has 1 N–H and O–H groups in total. The largest absolute Gasteiger partial charge is 0.349 e. The summed E-state index contributed by atoms with van der Waals surface area (Å²) in [7, 11) is 0. The van der Waals surface area contributed by atoms with Crippen molar-refractivity contribution in [2.24, 2.45) is 17.3 Å². The van der Waals surface area contributed by atoms with Crippen LogP contribution in [-0.2, 0) is 10.3 Å². The minimum Gasteiger partial charge on any atom is -0.349 e. The molecule has 0 saturated heterocycles. The van der Waals surface area contributed by atoms with E-state index in [0.717, 1.165) is 44.9 Å². The second-order valence-corrected chi connectivity index (χ2v) is 11.5. The van der Waals surface area contributed by atoms with Crippen LogP contribution < -0.4 is 5.32 Å². The van der Waals surface area contributed by atoms with E-state index in [-0.39, 0.29) is 22.9 Å². The van der Waals surface area contributed by atoms with Crippen molar-refractivity contribution in [3.05, 3.63) is 46.5 Å². The van der Waals surface area contributed by atoms with Gasteiger partial charge in [-0.2, -0.15) is 0 Å². The van der Waals surface area contributed by atoms with E-state index < -0.39 is 0 Å². The zero-order chi connectivity index (χ0) is 22.5. The van der Waals surface area contributed by atoms with E-state index in [1.54, 1.807) is 0 Å². The van der Waals surface area contributed by atoms with Gasteiger partial charge in [0.25, 0.3) is 0 Å². The van der Waals surface area contributed by atoms with Crippen LogP contribution in [0.3, 0.4) is 0 Å². The van der Waals surface area contributed by atoms with Gasteiger partial charge in [-0.05, 0) is 96.2 Å². The molecule has 4 fully saturated rings. The standard InChI is InChI=1S/C26H35BrN4O/c1-4-17(3)20-6-8-21(9-7-20)22(5-2)29-23(32)25-11-18-10-19(12-25)14-26(13-18,15-25)31-16-28-24(27)30-31/h6-9,16-19,22H,4-5,10-15H2,1-3H3,(H,29,32). The second-order valence-electron chi connectivity index (χ2n) is 10.8. The highest BCUT2D eigenvalue weighted by atomic mass is 79.9. The summed E-state index contributed by atoms with van der Waals surface area (Å²) >= 11 is 3.42. The maximum Gasteiger partial charge on any atom is 0.226 e. The van der Waals surface area contributed by atoms with Gasteiger partial charge in [-0.3, -0.25) is 4.79 Å². The molecule has 1 aromatic heterocycles. The van der Waals surface area contributed by atoms with Gasteiger partial charge in [0.1, 0.15) is 6.33 Å². The van der Waals surface area contributed by atoms with Gasteiger partial charge < -0.3 is 5.32 Å². The lowest BCUT2D eigenvalue weighted by atomic mass is 9.46. The highest BCUT2D eigenvalue weighted by Gasteiger charge is 2.61. The normalized spacial score (nSPS) is 32.6. The van der Waals surface area contributed by atoms with Gasteiger partial charge in [-0.1, -0.05) is 45.0 Å². The topological polar surface area (TPSA) is 59.8 Å². The third-order valence-corrected chi connectivity index (χ3v) is 9.06. The van der Waals surface area contributed by atoms with Gasteiger partial charge in [-0.15, -0.1) is 5.10 Å². The van der Waals surface area contributed by atoms with Gasteiger partial charge >= 0.3 is 0 Å². The fraction of sp³-hybridized carbons (Fsp3) is 0.654. The Labute approximate surface area is 199 Å². The lowest BCUT2D eigenvalue weighted by Gasteiger charge is -2.61. The quantitative estimate of drug-likeness (QED) is 0.500. The zero-order valence-corrected chi connectivity index (χ0v) is 21.1. The van der Waals surface area contributed by atoms with Crippen molar-refractivity contribution < 1.29 is 4.79 Å². The number of nitrogens with one attached hydrogen (secondary N) is 1. The number of benzene rings is 1. The zero-order valence-electron chi connectivity index (χ0n) is 19.5. The van der Waals surface area contributed by atoms with Crippen LogP contribution in [0, 0.1) is 17.3 Å². The summed E-state index contributed by atoms with van der Waals surface area (Å²) in [5, 5.41) is 8.12. The molecule has 172 valence electrons. The third kappa shape index (κ3) is 3.72. The van der Waals surface area contributed by atoms with E-state index in [1.807, 2.05) is 6.33 Å². The fourth-order valence-corrected chi connectivity index (χ4v) is 7.51. The van der Waals surface area contributed by atoms with E-state index in [1.165, 1.54) is 17.5 Å². The Morgan fingerprint density at radius 1 is 1.12 bits per heavy atom. The fourth-order valence-electron chi connectivity index (χ4n) is 7.24. The van der Waals surface area contributed by atoms with Crippen LogP contribution in [0.2, 0.25) is 0 Å². The number of carbonyl (C=O) groups is 1. The molecule has 1 amide bonds. The number of nitrogens with zero attached hydrogens (tertiary/aromatic N) is 3. The number of amides is 1. The van der Waals surface area contributed by atoms with E-state index in [2.05, 4.69) is 81.0 Å². The molecule has 4 aliphatic rings. The molecule has 0 aliphatic heterocycles. The molecule has 0 spiro atoms. The molecule has 6 heteroatoms. The Bertz CT molecular complexity index is 970. The molecule has 4 unspecified atom stereocenters. The van der Waals surface area contributed by atoms with Gasteiger partial charge in [0.05, 0.1) is 17.0 Å². The van der Waals surface area contributed by atoms with Crippen LogP contribution in [0.1, 0.15) is 95.2 Å². The van der Waals surface area contributed by atoms with Crippen molar-refractivity contribution in [1.82, 2.24) is 20.1 Å². The highest BCUT2D eigenvalue weighted by molar-refractivity contribution is 9.10. The molecule has 5 nitrogen and oxygen atoms in total. The predicted octanol–water partition coefficient (Wildman–Crippen LogP) is 6.12. The molecular formula is C26H35BrN4O. The second kappa shape index (κ2) is 8.27. The lowest BCUT2D eigenvalue weighted by Crippen LogP contribution is -2.61. The van der Waals surface area contributed by atoms with Crippen molar-refractivity contribution in [3.8, 4) is 0 Å². The van der Waals surface area contributed by atoms with Crippen molar-refractivity contribution >= 4 is 21.8 Å². The number of hydrogen-bond acceptors (Lipinski definition) is 3. The number of hydrogen-bond donors (Lipinski definition) is 1. The lowest BCUT2D eigenvalue weighted by molar-refractivity contribution is -0.156. The minimum atomic E-state index is -0.271. The van der Waals surface area contributed by atoms with Crippen LogP contribution in [0.25, 0.3) is 0 Å². The van der Waals surface area contributed by atoms with Gasteiger partial charge in [0.15, 0.2) is 0 Å². The first-order chi connectivity index (χ1) is 15.4. The smallest absolute Gasteiger partial charge is 0.226 e. The average Bonchev–Trinajstić information content (AvgIpc) is 3.23. The first-order valence-corrected chi connectivity index (χ1v) is 13.1. The maximum atomic E-state index is 13.9. The molecule has 0 radical (unpaired) electrons. The third-order valence-electron chi connectivity index (χ3n) is 8.70. The van der Waals surface area contributed by atoms with Crippen molar-refractivity contribution in [2.45, 2.75) is 89.6 Å². The maximum absolute atomic E-state index is 13.9. The van der Waals surface area contributed by atoms with E-state index >= 15 is 0 Å². The monoisotopic (exact) mass is 498 g/mol. The molecule has 32 heavy (non-hydrogen) atoms. The first kappa shape index (κ1) is 22.1. The average molecular weight is 499 g/mol. The molecule has 4 aliphatic carbocycles. The molecule has 1 heterocycles. The Hall–Kier alpha value is -1.69. The number of rotatable bonds is 7. The molecular weight excluding hydrogens is 464 g/mol. The number of aromatic nitrogens is 3. The summed E-state index contributed by atoms with van der Waals surface area (Å²) in [5.74, 6) is 2.05. The minimum absolute atomic E-state index is 0.0555. The Morgan fingerprint density at radius 2 is 1.78 bits per heavy atom. The molecule has 4 bridgehead atoms. The van der Waals surface area contributed by atoms with E-state index in [0.29, 0.717) is 22.5 Å². The summed E-state index contributed by atoms with van der Waals surface area (Å²) in [6, 6.07) is 8.97. The molecule has 6 rings (SSSR count). The first-order valence-electron chi connectivity index (χ1n) is 12.3. The van der Waals surface area contributed by atoms with E-state index in [4.69, 9.17) is 0 Å². The molecule has 4 atom stereocenters. The Balaban J connectivity index is 1.37. The van der Waals surface area contributed by atoms with Crippen LogP contribution in [-0.4, -0.2) is 20.7 Å². The van der Waals surface area contributed by atoms with Crippen LogP contribution in [0.5, 0.6) is 0 Å². The number of carbonyl (C=O) groups excluding carboxylic acids is 1. The highest BCUT2D eigenvalue weighted by Crippen LogP contribution is 2.64.